The Hall–Kier alpha value is -3.03. The van der Waals surface area contributed by atoms with Crippen LogP contribution in [0.1, 0.15) is 37.8 Å². The molecule has 8 heteroatoms. The summed E-state index contributed by atoms with van der Waals surface area (Å²) in [7, 11) is 0. The molecule has 2 aromatic rings. The molecule has 2 aliphatic rings. The number of hydrogen-bond donors (Lipinski definition) is 1. The van der Waals surface area contributed by atoms with Crippen LogP contribution in [0.3, 0.4) is 0 Å². The summed E-state index contributed by atoms with van der Waals surface area (Å²) in [5.41, 5.74) is 9.61. The van der Waals surface area contributed by atoms with Crippen molar-refractivity contribution in [1.29, 1.82) is 0 Å². The zero-order chi connectivity index (χ0) is 25.7. The van der Waals surface area contributed by atoms with Gasteiger partial charge in [0.2, 0.25) is 0 Å². The minimum atomic E-state index is 0.166. The second-order valence-electron chi connectivity index (χ2n) is 9.66. The van der Waals surface area contributed by atoms with E-state index in [9.17, 15) is 0 Å². The van der Waals surface area contributed by atoms with E-state index < -0.39 is 0 Å². The van der Waals surface area contributed by atoms with Gasteiger partial charge in [-0.15, -0.1) is 0 Å². The van der Waals surface area contributed by atoms with E-state index in [1.54, 1.807) is 6.20 Å². The fourth-order valence-electron chi connectivity index (χ4n) is 4.60. The average Bonchev–Trinajstić information content (AvgIpc) is 2.89. The largest absolute Gasteiger partial charge is 0.398 e. The van der Waals surface area contributed by atoms with Crippen LogP contribution in [0.25, 0.3) is 5.70 Å². The highest BCUT2D eigenvalue weighted by atomic mass is 35.5. The number of aromatic nitrogens is 1. The fraction of sp³-hybridized carbons (Fsp3) is 0.429. The summed E-state index contributed by atoms with van der Waals surface area (Å²) in [6, 6.07) is 12.3. The molecule has 0 unspecified atom stereocenters. The summed E-state index contributed by atoms with van der Waals surface area (Å²) in [6.07, 6.45) is 3.77. The van der Waals surface area contributed by atoms with Crippen LogP contribution in [0.5, 0.6) is 0 Å². The molecule has 1 aromatic heterocycles. The lowest BCUT2D eigenvalue weighted by atomic mass is 9.99. The van der Waals surface area contributed by atoms with E-state index in [1.165, 1.54) is 5.56 Å². The first-order valence-electron chi connectivity index (χ1n) is 12.6. The van der Waals surface area contributed by atoms with E-state index in [0.29, 0.717) is 29.9 Å². The quantitative estimate of drug-likeness (QED) is 0.455. The summed E-state index contributed by atoms with van der Waals surface area (Å²) in [5.74, 6) is 2.80. The third-order valence-electron chi connectivity index (χ3n) is 6.75. The Kier molecular flexibility index (Phi) is 8.54. The van der Waals surface area contributed by atoms with E-state index in [1.807, 2.05) is 18.2 Å². The van der Waals surface area contributed by atoms with Crippen molar-refractivity contribution in [3.05, 3.63) is 77.2 Å². The number of morpholine rings is 1. The monoisotopic (exact) mass is 508 g/mol. The number of hydrogen-bond acceptors (Lipinski definition) is 6. The first-order chi connectivity index (χ1) is 17.3. The zero-order valence-corrected chi connectivity index (χ0v) is 22.3. The minimum Gasteiger partial charge on any atom is -0.398 e. The number of nitrogens with zero attached hydrogens (tertiary/aromatic N) is 5. The molecule has 36 heavy (non-hydrogen) atoms. The van der Waals surface area contributed by atoms with E-state index in [-0.39, 0.29) is 6.04 Å². The van der Waals surface area contributed by atoms with Crippen molar-refractivity contribution in [1.82, 2.24) is 14.8 Å². The molecule has 7 nitrogen and oxygen atoms in total. The highest BCUT2D eigenvalue weighted by Crippen LogP contribution is 2.26. The van der Waals surface area contributed by atoms with Gasteiger partial charge in [-0.05, 0) is 42.2 Å². The minimum absolute atomic E-state index is 0.166. The van der Waals surface area contributed by atoms with Crippen molar-refractivity contribution in [2.45, 2.75) is 32.7 Å². The molecule has 0 aliphatic carbocycles. The third-order valence-corrected chi connectivity index (χ3v) is 7.05. The van der Waals surface area contributed by atoms with Gasteiger partial charge in [-0.2, -0.15) is 0 Å². The molecule has 2 N–H and O–H groups in total. The molecule has 0 amide bonds. The first kappa shape index (κ1) is 26.0. The maximum Gasteiger partial charge on any atom is 0.147 e. The Labute approximate surface area is 219 Å². The second kappa shape index (κ2) is 11.8. The van der Waals surface area contributed by atoms with Gasteiger partial charge >= 0.3 is 0 Å². The highest BCUT2D eigenvalue weighted by molar-refractivity contribution is 6.32. The molecule has 2 saturated heterocycles. The number of rotatable bonds is 6. The normalized spacial score (nSPS) is 19.7. The zero-order valence-electron chi connectivity index (χ0n) is 21.5. The van der Waals surface area contributed by atoms with Gasteiger partial charge in [0.05, 0.1) is 18.2 Å². The number of ether oxygens (including phenoxy) is 1. The Morgan fingerprint density at radius 2 is 1.97 bits per heavy atom. The predicted octanol–water partition coefficient (Wildman–Crippen LogP) is 4.57. The van der Waals surface area contributed by atoms with Gasteiger partial charge in [0.15, 0.2) is 0 Å². The number of amidine groups is 1. The van der Waals surface area contributed by atoms with Crippen molar-refractivity contribution in [2.24, 2.45) is 10.7 Å². The fourth-order valence-corrected chi connectivity index (χ4v) is 4.85. The molecular formula is C28H37ClN6O. The Morgan fingerprint density at radius 3 is 2.67 bits per heavy atom. The average molecular weight is 509 g/mol. The van der Waals surface area contributed by atoms with Crippen molar-refractivity contribution in [2.75, 3.05) is 50.8 Å². The molecule has 0 saturated carbocycles. The molecule has 0 spiro atoms. The molecule has 3 heterocycles. The Balaban J connectivity index is 1.62. The number of benzene rings is 1. The molecule has 2 aliphatic heterocycles. The maximum atomic E-state index is 6.66. The number of aliphatic imine (C=N–C) groups is 1. The van der Waals surface area contributed by atoms with Crippen LogP contribution in [0.15, 0.2) is 66.1 Å². The summed E-state index contributed by atoms with van der Waals surface area (Å²) >= 11 is 6.44. The summed E-state index contributed by atoms with van der Waals surface area (Å²) in [4.78, 5) is 16.2. The molecular weight excluding hydrogens is 472 g/mol. The van der Waals surface area contributed by atoms with Gasteiger partial charge < -0.3 is 25.2 Å². The van der Waals surface area contributed by atoms with Gasteiger partial charge in [0, 0.05) is 56.7 Å². The van der Waals surface area contributed by atoms with Crippen LogP contribution < -0.4 is 10.6 Å². The lowest BCUT2D eigenvalue weighted by molar-refractivity contribution is 0.0533. The molecule has 1 atom stereocenters. The lowest BCUT2D eigenvalue weighted by Crippen LogP contribution is -2.54. The van der Waals surface area contributed by atoms with E-state index in [2.05, 4.69) is 71.3 Å². The molecule has 1 aromatic carbocycles. The number of piperazine rings is 1. The predicted molar refractivity (Wildman–Crippen MR) is 149 cm³/mol. The van der Waals surface area contributed by atoms with Crippen LogP contribution in [0.2, 0.25) is 5.02 Å². The highest BCUT2D eigenvalue weighted by Gasteiger charge is 2.28. The van der Waals surface area contributed by atoms with Crippen molar-refractivity contribution in [3.63, 3.8) is 0 Å². The second-order valence-corrected chi connectivity index (χ2v) is 10.1. The van der Waals surface area contributed by atoms with Crippen molar-refractivity contribution < 1.29 is 4.74 Å². The Morgan fingerprint density at radius 1 is 1.19 bits per heavy atom. The lowest BCUT2D eigenvalue weighted by Gasteiger charge is -2.42. The smallest absolute Gasteiger partial charge is 0.147 e. The maximum absolute atomic E-state index is 6.66. The molecule has 192 valence electrons. The third kappa shape index (κ3) is 6.20. The number of pyridine rings is 1. The number of nitrogens with two attached hydrogens (primary N) is 1. The van der Waals surface area contributed by atoms with E-state index in [0.717, 1.165) is 55.8 Å². The summed E-state index contributed by atoms with van der Waals surface area (Å²) < 4.78 is 5.51. The van der Waals surface area contributed by atoms with Crippen LogP contribution in [0, 0.1) is 0 Å². The van der Waals surface area contributed by atoms with Crippen molar-refractivity contribution >= 4 is 29.0 Å². The van der Waals surface area contributed by atoms with Crippen LogP contribution >= 0.6 is 11.6 Å². The molecule has 0 bridgehead atoms. The Bertz CT molecular complexity index is 1120. The van der Waals surface area contributed by atoms with Gasteiger partial charge in [0.25, 0.3) is 0 Å². The number of halogens is 1. The van der Waals surface area contributed by atoms with Crippen LogP contribution in [-0.2, 0) is 4.74 Å². The molecule has 4 rings (SSSR count). The van der Waals surface area contributed by atoms with Crippen molar-refractivity contribution in [3.8, 4) is 0 Å². The van der Waals surface area contributed by atoms with Crippen LogP contribution in [0.4, 0.5) is 5.82 Å². The number of anilines is 1. The van der Waals surface area contributed by atoms with Gasteiger partial charge in [-0.25, -0.2) is 9.98 Å². The van der Waals surface area contributed by atoms with Gasteiger partial charge in [0.1, 0.15) is 17.5 Å². The molecule has 0 radical (unpaired) electrons. The SMILES string of the molecule is C=C(N=C(/C=C(\N)c1cccc(C(C)C)c1)N1CCN(c2ncccc2Cl)C[C@H]1C)N1CCOCC1. The topological polar surface area (TPSA) is 70.2 Å². The van der Waals surface area contributed by atoms with Gasteiger partial charge in [-0.1, -0.05) is 50.2 Å². The van der Waals surface area contributed by atoms with E-state index >= 15 is 0 Å². The standard InChI is InChI=1S/C28H37ClN6O/c1-20(2)23-7-5-8-24(17-23)26(30)18-27(32-22(4)33-13-15-36-16-14-33)35-12-11-34(19-21(35)3)28-25(29)9-6-10-31-28/h5-10,17-18,20-21H,4,11-16,19,30H2,1-3H3/b26-18-,32-27?/t21-/m1/s1. The van der Waals surface area contributed by atoms with Gasteiger partial charge in [-0.3, -0.25) is 0 Å². The van der Waals surface area contributed by atoms with Crippen LogP contribution in [-0.4, -0.2) is 72.6 Å². The summed E-state index contributed by atoms with van der Waals surface area (Å²) in [5, 5.41) is 0.668. The first-order valence-corrected chi connectivity index (χ1v) is 13.0. The molecule has 2 fully saturated rings. The summed E-state index contributed by atoms with van der Waals surface area (Å²) in [6.45, 7) is 16.1. The van der Waals surface area contributed by atoms with E-state index in [4.69, 9.17) is 27.1 Å².